The van der Waals surface area contributed by atoms with Crippen molar-refractivity contribution in [1.82, 2.24) is 0 Å². The van der Waals surface area contributed by atoms with Crippen molar-refractivity contribution in [3.05, 3.63) is 35.6 Å². The summed E-state index contributed by atoms with van der Waals surface area (Å²) in [4.78, 5) is 23.5. The summed E-state index contributed by atoms with van der Waals surface area (Å²) in [7, 11) is 0. The molecular weight excluding hydrogens is 261 g/mol. The quantitative estimate of drug-likeness (QED) is 0.858. The lowest BCUT2D eigenvalue weighted by atomic mass is 9.79. The highest BCUT2D eigenvalue weighted by molar-refractivity contribution is 5.87. The Bertz CT molecular complexity index is 506. The van der Waals surface area contributed by atoms with Crippen molar-refractivity contribution in [2.24, 2.45) is 5.73 Å². The number of benzene rings is 1. The number of amides is 1. The molecule has 1 aromatic carbocycles. The van der Waals surface area contributed by atoms with Gasteiger partial charge < -0.3 is 10.5 Å². The van der Waals surface area contributed by atoms with Crippen molar-refractivity contribution in [3.63, 3.8) is 0 Å². The Labute approximate surface area is 117 Å². The monoisotopic (exact) mass is 279 g/mol. The molecule has 1 aromatic rings. The van der Waals surface area contributed by atoms with Crippen LogP contribution < -0.4 is 5.73 Å². The van der Waals surface area contributed by atoms with Crippen molar-refractivity contribution in [2.45, 2.75) is 44.1 Å². The average Bonchev–Trinajstić information content (AvgIpc) is 2.90. The predicted molar refractivity (Wildman–Crippen MR) is 71.3 cm³/mol. The maximum absolute atomic E-state index is 13.0. The summed E-state index contributed by atoms with van der Waals surface area (Å²) in [6, 6.07) is 5.88. The molecule has 1 atom stereocenters. The Morgan fingerprint density at radius 2 is 1.80 bits per heavy atom. The fourth-order valence-electron chi connectivity index (χ4n) is 2.69. The number of hydrogen-bond donors (Lipinski definition) is 1. The molecule has 0 spiro atoms. The number of nitrogens with two attached hydrogens (primary N) is 1. The number of hydrogen-bond acceptors (Lipinski definition) is 3. The third-order valence-corrected chi connectivity index (χ3v) is 3.93. The Balaban J connectivity index is 2.28. The number of halogens is 1. The minimum absolute atomic E-state index is 0.347. The van der Waals surface area contributed by atoms with E-state index in [1.54, 1.807) is 12.1 Å². The minimum Gasteiger partial charge on any atom is -0.452 e. The van der Waals surface area contributed by atoms with Crippen LogP contribution in [0, 0.1) is 5.82 Å². The number of ether oxygens (including phenoxy) is 1. The summed E-state index contributed by atoms with van der Waals surface area (Å²) in [6.07, 6.45) is 2.13. The molecule has 5 heteroatoms. The molecule has 20 heavy (non-hydrogen) atoms. The van der Waals surface area contributed by atoms with E-state index < -0.39 is 23.4 Å². The van der Waals surface area contributed by atoms with E-state index in [1.165, 1.54) is 19.1 Å². The van der Waals surface area contributed by atoms with Gasteiger partial charge in [-0.15, -0.1) is 0 Å². The summed E-state index contributed by atoms with van der Waals surface area (Å²) >= 11 is 0. The van der Waals surface area contributed by atoms with Crippen LogP contribution in [0.1, 0.15) is 38.2 Å². The van der Waals surface area contributed by atoms with Crippen LogP contribution in [0.15, 0.2) is 24.3 Å². The van der Waals surface area contributed by atoms with E-state index in [-0.39, 0.29) is 5.82 Å². The molecule has 108 valence electrons. The Hall–Kier alpha value is -1.91. The first-order chi connectivity index (χ1) is 9.45. The second-order valence-electron chi connectivity index (χ2n) is 5.25. The first kappa shape index (κ1) is 14.5. The van der Waals surface area contributed by atoms with Gasteiger partial charge in [-0.2, -0.15) is 0 Å². The molecule has 4 nitrogen and oxygen atoms in total. The van der Waals surface area contributed by atoms with Gasteiger partial charge in [0.05, 0.1) is 5.41 Å². The molecule has 1 unspecified atom stereocenters. The summed E-state index contributed by atoms with van der Waals surface area (Å²) in [5.41, 5.74) is 5.07. The van der Waals surface area contributed by atoms with Gasteiger partial charge in [-0.05, 0) is 37.5 Å². The van der Waals surface area contributed by atoms with E-state index in [4.69, 9.17) is 10.5 Å². The summed E-state index contributed by atoms with van der Waals surface area (Å²) in [6.45, 7) is 1.45. The number of rotatable bonds is 4. The Morgan fingerprint density at radius 3 is 2.30 bits per heavy atom. The lowest BCUT2D eigenvalue weighted by Crippen LogP contribution is -2.40. The van der Waals surface area contributed by atoms with Crippen molar-refractivity contribution < 1.29 is 18.7 Å². The Morgan fingerprint density at radius 1 is 1.25 bits per heavy atom. The van der Waals surface area contributed by atoms with E-state index in [1.807, 2.05) is 0 Å². The van der Waals surface area contributed by atoms with Gasteiger partial charge in [0, 0.05) is 0 Å². The van der Waals surface area contributed by atoms with Crippen LogP contribution in [0.5, 0.6) is 0 Å². The standard InChI is InChI=1S/C15H18FNO3/c1-10(13(17)18)20-14(19)15(8-2-3-9-15)11-4-6-12(16)7-5-11/h4-7,10H,2-3,8-9H2,1H3,(H2,17,18). The number of primary amides is 1. The van der Waals surface area contributed by atoms with Crippen molar-refractivity contribution in [3.8, 4) is 0 Å². The zero-order valence-electron chi connectivity index (χ0n) is 11.4. The zero-order chi connectivity index (χ0) is 14.8. The average molecular weight is 279 g/mol. The smallest absolute Gasteiger partial charge is 0.317 e. The SMILES string of the molecule is CC(OC(=O)C1(c2ccc(F)cc2)CCCC1)C(N)=O. The molecule has 0 bridgehead atoms. The largest absolute Gasteiger partial charge is 0.452 e. The van der Waals surface area contributed by atoms with Gasteiger partial charge in [-0.3, -0.25) is 9.59 Å². The fraction of sp³-hybridized carbons (Fsp3) is 0.467. The molecule has 2 N–H and O–H groups in total. The van der Waals surface area contributed by atoms with Crippen molar-refractivity contribution >= 4 is 11.9 Å². The highest BCUT2D eigenvalue weighted by Crippen LogP contribution is 2.42. The molecule has 0 aliphatic heterocycles. The molecule has 0 saturated heterocycles. The van der Waals surface area contributed by atoms with Gasteiger partial charge >= 0.3 is 5.97 Å². The van der Waals surface area contributed by atoms with Crippen LogP contribution in [-0.4, -0.2) is 18.0 Å². The zero-order valence-corrected chi connectivity index (χ0v) is 11.4. The van der Waals surface area contributed by atoms with Crippen LogP contribution >= 0.6 is 0 Å². The number of esters is 1. The molecule has 1 saturated carbocycles. The normalized spacial score (nSPS) is 18.5. The van der Waals surface area contributed by atoms with Crippen LogP contribution in [0.25, 0.3) is 0 Å². The second-order valence-corrected chi connectivity index (χ2v) is 5.25. The first-order valence-electron chi connectivity index (χ1n) is 6.72. The summed E-state index contributed by atoms with van der Waals surface area (Å²) < 4.78 is 18.2. The lowest BCUT2D eigenvalue weighted by molar-refractivity contribution is -0.159. The van der Waals surface area contributed by atoms with Crippen LogP contribution in [0.4, 0.5) is 4.39 Å². The van der Waals surface area contributed by atoms with E-state index in [2.05, 4.69) is 0 Å². The molecule has 1 amide bonds. The van der Waals surface area contributed by atoms with E-state index in [9.17, 15) is 14.0 Å². The van der Waals surface area contributed by atoms with Gasteiger partial charge in [0.25, 0.3) is 5.91 Å². The molecule has 1 aliphatic carbocycles. The maximum atomic E-state index is 13.0. The maximum Gasteiger partial charge on any atom is 0.317 e. The van der Waals surface area contributed by atoms with Crippen molar-refractivity contribution in [2.75, 3.05) is 0 Å². The third kappa shape index (κ3) is 2.66. The van der Waals surface area contributed by atoms with Crippen LogP contribution in [0.3, 0.4) is 0 Å². The molecule has 1 fully saturated rings. The highest BCUT2D eigenvalue weighted by Gasteiger charge is 2.45. The molecule has 0 heterocycles. The van der Waals surface area contributed by atoms with Gasteiger partial charge in [-0.1, -0.05) is 25.0 Å². The number of carbonyl (C=O) groups excluding carboxylic acids is 2. The van der Waals surface area contributed by atoms with Gasteiger partial charge in [0.2, 0.25) is 0 Å². The first-order valence-corrected chi connectivity index (χ1v) is 6.72. The summed E-state index contributed by atoms with van der Waals surface area (Å²) in [5.74, 6) is -1.47. The van der Waals surface area contributed by atoms with Crippen molar-refractivity contribution in [1.29, 1.82) is 0 Å². The molecule has 0 radical (unpaired) electrons. The lowest BCUT2D eigenvalue weighted by Gasteiger charge is -2.28. The van der Waals surface area contributed by atoms with E-state index >= 15 is 0 Å². The number of carbonyl (C=O) groups is 2. The second kappa shape index (κ2) is 5.61. The van der Waals surface area contributed by atoms with Gasteiger partial charge in [0.1, 0.15) is 5.82 Å². The molecule has 0 aromatic heterocycles. The predicted octanol–water partition coefficient (Wildman–Crippen LogP) is 2.05. The van der Waals surface area contributed by atoms with Gasteiger partial charge in [-0.25, -0.2) is 4.39 Å². The highest BCUT2D eigenvalue weighted by atomic mass is 19.1. The summed E-state index contributed by atoms with van der Waals surface area (Å²) in [5, 5.41) is 0. The van der Waals surface area contributed by atoms with E-state index in [0.717, 1.165) is 18.4 Å². The van der Waals surface area contributed by atoms with Crippen LogP contribution in [-0.2, 0) is 19.7 Å². The van der Waals surface area contributed by atoms with Gasteiger partial charge in [0.15, 0.2) is 6.10 Å². The third-order valence-electron chi connectivity index (χ3n) is 3.93. The molecule has 2 rings (SSSR count). The minimum atomic E-state index is -0.958. The van der Waals surface area contributed by atoms with Crippen LogP contribution in [0.2, 0.25) is 0 Å². The fourth-order valence-corrected chi connectivity index (χ4v) is 2.69. The molecular formula is C15H18FNO3. The molecule has 1 aliphatic rings. The topological polar surface area (TPSA) is 69.4 Å². The Kier molecular flexibility index (Phi) is 4.06. The van der Waals surface area contributed by atoms with E-state index in [0.29, 0.717) is 12.8 Å².